The average Bonchev–Trinajstić information content (AvgIpc) is 3.09. The minimum atomic E-state index is -0.231. The van der Waals surface area contributed by atoms with Crippen LogP contribution in [0.15, 0.2) is 36.5 Å². The highest BCUT2D eigenvalue weighted by atomic mass is 16.1. The van der Waals surface area contributed by atoms with Gasteiger partial charge in [-0.3, -0.25) is 4.79 Å². The molecule has 0 saturated heterocycles. The number of fused-ring (bicyclic) bond motifs is 1. The summed E-state index contributed by atoms with van der Waals surface area (Å²) in [6.45, 7) is 12.6. The largest absolute Gasteiger partial charge is 0.350 e. The van der Waals surface area contributed by atoms with Crippen molar-refractivity contribution in [3.63, 3.8) is 0 Å². The number of hydrogen-bond donors (Lipinski definition) is 1. The van der Waals surface area contributed by atoms with E-state index in [2.05, 4.69) is 46.9 Å². The SMILES string of the molecule is Cn1cc(C(=O)Nc2cc(C(C)(C)C)nn2C(C)(C)C)c2ccccc21. The molecule has 3 rings (SSSR count). The van der Waals surface area contributed by atoms with E-state index >= 15 is 0 Å². The maximum atomic E-state index is 13.0. The average molecular weight is 352 g/mol. The number of nitrogens with one attached hydrogen (secondary N) is 1. The number of nitrogens with zero attached hydrogens (tertiary/aromatic N) is 3. The van der Waals surface area contributed by atoms with Crippen LogP contribution in [-0.4, -0.2) is 20.3 Å². The summed E-state index contributed by atoms with van der Waals surface area (Å²) in [6.07, 6.45) is 1.88. The van der Waals surface area contributed by atoms with Crippen LogP contribution in [0.4, 0.5) is 5.82 Å². The number of carbonyl (C=O) groups excluding carboxylic acids is 1. The van der Waals surface area contributed by atoms with Gasteiger partial charge in [0, 0.05) is 35.6 Å². The first kappa shape index (κ1) is 18.2. The third kappa shape index (κ3) is 3.26. The van der Waals surface area contributed by atoms with E-state index in [0.717, 1.165) is 22.4 Å². The third-order valence-electron chi connectivity index (χ3n) is 4.50. The topological polar surface area (TPSA) is 51.9 Å². The van der Waals surface area contributed by atoms with Gasteiger partial charge in [-0.1, -0.05) is 39.0 Å². The molecule has 0 atom stereocenters. The molecule has 0 fully saturated rings. The first-order chi connectivity index (χ1) is 12.0. The summed E-state index contributed by atoms with van der Waals surface area (Å²) >= 11 is 0. The Balaban J connectivity index is 2.02. The molecule has 0 spiro atoms. The second-order valence-electron chi connectivity index (χ2n) is 8.87. The van der Waals surface area contributed by atoms with Gasteiger partial charge in [0.25, 0.3) is 5.91 Å². The van der Waals surface area contributed by atoms with Crippen LogP contribution in [0, 0.1) is 0 Å². The first-order valence-electron chi connectivity index (χ1n) is 8.95. The molecule has 3 aromatic rings. The molecule has 1 N–H and O–H groups in total. The molecule has 0 saturated carbocycles. The Hall–Kier alpha value is -2.56. The van der Waals surface area contributed by atoms with Crippen LogP contribution in [0.25, 0.3) is 10.9 Å². The van der Waals surface area contributed by atoms with Gasteiger partial charge in [-0.05, 0) is 26.8 Å². The molecule has 2 aromatic heterocycles. The van der Waals surface area contributed by atoms with Crippen LogP contribution in [-0.2, 0) is 18.0 Å². The lowest BCUT2D eigenvalue weighted by atomic mass is 9.92. The molecule has 5 nitrogen and oxygen atoms in total. The second-order valence-corrected chi connectivity index (χ2v) is 8.87. The number of hydrogen-bond acceptors (Lipinski definition) is 2. The monoisotopic (exact) mass is 352 g/mol. The molecule has 0 radical (unpaired) electrons. The lowest BCUT2D eigenvalue weighted by Gasteiger charge is -2.23. The van der Waals surface area contributed by atoms with Gasteiger partial charge in [-0.25, -0.2) is 4.68 Å². The number of anilines is 1. The lowest BCUT2D eigenvalue weighted by Crippen LogP contribution is -2.27. The zero-order valence-corrected chi connectivity index (χ0v) is 16.7. The van der Waals surface area contributed by atoms with Crippen LogP contribution in [0.3, 0.4) is 0 Å². The van der Waals surface area contributed by atoms with Crippen LogP contribution in [0.1, 0.15) is 57.6 Å². The molecular weight excluding hydrogens is 324 g/mol. The van der Waals surface area contributed by atoms with Gasteiger partial charge < -0.3 is 9.88 Å². The minimum Gasteiger partial charge on any atom is -0.350 e. The number of carbonyl (C=O) groups is 1. The molecule has 0 aliphatic heterocycles. The molecule has 138 valence electrons. The van der Waals surface area contributed by atoms with E-state index < -0.39 is 0 Å². The Morgan fingerprint density at radius 3 is 2.35 bits per heavy atom. The van der Waals surface area contributed by atoms with E-state index in [-0.39, 0.29) is 16.9 Å². The Morgan fingerprint density at radius 1 is 1.08 bits per heavy atom. The Kier molecular flexibility index (Phi) is 4.21. The summed E-state index contributed by atoms with van der Waals surface area (Å²) in [5, 5.41) is 8.79. The molecule has 1 amide bonds. The number of amides is 1. The predicted molar refractivity (Wildman–Crippen MR) is 107 cm³/mol. The summed E-state index contributed by atoms with van der Waals surface area (Å²) in [6, 6.07) is 9.91. The van der Waals surface area contributed by atoms with Crippen molar-refractivity contribution in [2.24, 2.45) is 7.05 Å². The van der Waals surface area contributed by atoms with E-state index in [1.807, 2.05) is 52.8 Å². The summed E-state index contributed by atoms with van der Waals surface area (Å²) in [7, 11) is 1.95. The third-order valence-corrected chi connectivity index (χ3v) is 4.50. The van der Waals surface area contributed by atoms with Crippen LogP contribution >= 0.6 is 0 Å². The molecule has 0 bridgehead atoms. The Morgan fingerprint density at radius 2 is 1.73 bits per heavy atom. The molecule has 5 heteroatoms. The zero-order chi connectivity index (χ0) is 19.3. The van der Waals surface area contributed by atoms with Crippen molar-refractivity contribution in [3.05, 3.63) is 47.8 Å². The van der Waals surface area contributed by atoms with Gasteiger partial charge >= 0.3 is 0 Å². The Labute approximate surface area is 155 Å². The van der Waals surface area contributed by atoms with E-state index in [4.69, 9.17) is 5.10 Å². The maximum Gasteiger partial charge on any atom is 0.258 e. The molecule has 26 heavy (non-hydrogen) atoms. The second kappa shape index (κ2) is 6.01. The minimum absolute atomic E-state index is 0.0879. The van der Waals surface area contributed by atoms with Crippen molar-refractivity contribution in [1.82, 2.24) is 14.3 Å². The standard InChI is InChI=1S/C21H28N4O/c1-20(2,3)17-12-18(25(23-17)21(4,5)6)22-19(26)15-13-24(7)16-11-9-8-10-14(15)16/h8-13H,1-7H3,(H,22,26). The number of aryl methyl sites for hydroxylation is 1. The normalized spacial score (nSPS) is 12.6. The van der Waals surface area contributed by atoms with Crippen molar-refractivity contribution in [2.75, 3.05) is 5.32 Å². The van der Waals surface area contributed by atoms with Gasteiger partial charge in [0.05, 0.1) is 16.8 Å². The first-order valence-corrected chi connectivity index (χ1v) is 8.95. The quantitative estimate of drug-likeness (QED) is 0.728. The van der Waals surface area contributed by atoms with Gasteiger partial charge in [-0.15, -0.1) is 0 Å². The van der Waals surface area contributed by atoms with Gasteiger partial charge in [0.15, 0.2) is 0 Å². The van der Waals surface area contributed by atoms with E-state index in [1.165, 1.54) is 0 Å². The highest BCUT2D eigenvalue weighted by Gasteiger charge is 2.26. The molecule has 0 aliphatic rings. The van der Waals surface area contributed by atoms with E-state index in [0.29, 0.717) is 5.56 Å². The fraction of sp³-hybridized carbons (Fsp3) is 0.429. The van der Waals surface area contributed by atoms with Crippen molar-refractivity contribution >= 4 is 22.6 Å². The molecule has 0 aliphatic carbocycles. The highest BCUT2D eigenvalue weighted by molar-refractivity contribution is 6.12. The number of rotatable bonds is 2. The highest BCUT2D eigenvalue weighted by Crippen LogP contribution is 2.29. The maximum absolute atomic E-state index is 13.0. The fourth-order valence-corrected chi connectivity index (χ4v) is 3.05. The van der Waals surface area contributed by atoms with Crippen molar-refractivity contribution in [2.45, 2.75) is 52.5 Å². The zero-order valence-electron chi connectivity index (χ0n) is 16.7. The molecule has 2 heterocycles. The van der Waals surface area contributed by atoms with Crippen molar-refractivity contribution in [1.29, 1.82) is 0 Å². The molecule has 0 unspecified atom stereocenters. The molecule has 1 aromatic carbocycles. The smallest absolute Gasteiger partial charge is 0.258 e. The Bertz CT molecular complexity index is 964. The summed E-state index contributed by atoms with van der Waals surface area (Å²) in [5.41, 5.74) is 2.35. The number of para-hydroxylation sites is 1. The van der Waals surface area contributed by atoms with Crippen molar-refractivity contribution < 1.29 is 4.79 Å². The van der Waals surface area contributed by atoms with Crippen LogP contribution in [0.5, 0.6) is 0 Å². The summed E-state index contributed by atoms with van der Waals surface area (Å²) in [4.78, 5) is 13.0. The number of aromatic nitrogens is 3. The van der Waals surface area contributed by atoms with Gasteiger partial charge in [0.2, 0.25) is 0 Å². The van der Waals surface area contributed by atoms with Crippen molar-refractivity contribution in [3.8, 4) is 0 Å². The van der Waals surface area contributed by atoms with Crippen LogP contribution < -0.4 is 5.32 Å². The lowest BCUT2D eigenvalue weighted by molar-refractivity contribution is 0.102. The van der Waals surface area contributed by atoms with E-state index in [1.54, 1.807) is 0 Å². The van der Waals surface area contributed by atoms with E-state index in [9.17, 15) is 4.79 Å². The predicted octanol–water partition coefficient (Wildman–Crippen LogP) is 4.68. The van der Waals surface area contributed by atoms with Gasteiger partial charge in [-0.2, -0.15) is 5.10 Å². The molecular formula is C21H28N4O. The summed E-state index contributed by atoms with van der Waals surface area (Å²) in [5.74, 6) is 0.605. The van der Waals surface area contributed by atoms with Crippen LogP contribution in [0.2, 0.25) is 0 Å². The van der Waals surface area contributed by atoms with Gasteiger partial charge in [0.1, 0.15) is 5.82 Å². The number of benzene rings is 1. The summed E-state index contributed by atoms with van der Waals surface area (Å²) < 4.78 is 3.88. The fourth-order valence-electron chi connectivity index (χ4n) is 3.05.